The SMILES string of the molecule is C=C(C)CN(CC)C(=O)CN1CCC(CN)CC1. The summed E-state index contributed by atoms with van der Waals surface area (Å²) >= 11 is 0. The molecule has 0 aromatic heterocycles. The standard InChI is InChI=1S/C14H27N3O/c1-4-17(10-12(2)3)14(18)11-16-7-5-13(9-15)6-8-16/h13H,2,4-11,15H2,1,3H3. The fraction of sp³-hybridized carbons (Fsp3) is 0.786. The van der Waals surface area contributed by atoms with Crippen LogP contribution >= 0.6 is 0 Å². The van der Waals surface area contributed by atoms with Gasteiger partial charge < -0.3 is 10.6 Å². The van der Waals surface area contributed by atoms with E-state index < -0.39 is 0 Å². The molecule has 2 N–H and O–H groups in total. The van der Waals surface area contributed by atoms with E-state index in [0.29, 0.717) is 19.0 Å². The van der Waals surface area contributed by atoms with E-state index in [1.165, 1.54) is 0 Å². The van der Waals surface area contributed by atoms with Crippen molar-refractivity contribution in [3.63, 3.8) is 0 Å². The number of nitrogens with two attached hydrogens (primary N) is 1. The fourth-order valence-electron chi connectivity index (χ4n) is 2.37. The lowest BCUT2D eigenvalue weighted by atomic mass is 9.97. The van der Waals surface area contributed by atoms with Gasteiger partial charge in [-0.15, -0.1) is 0 Å². The molecule has 104 valence electrons. The first-order valence-corrected chi connectivity index (χ1v) is 6.91. The molecular weight excluding hydrogens is 226 g/mol. The molecule has 0 spiro atoms. The molecule has 0 aliphatic carbocycles. The van der Waals surface area contributed by atoms with Gasteiger partial charge in [0, 0.05) is 13.1 Å². The van der Waals surface area contributed by atoms with Crippen molar-refractivity contribution >= 4 is 5.91 Å². The number of carbonyl (C=O) groups excluding carboxylic acids is 1. The van der Waals surface area contributed by atoms with Crippen LogP contribution in [0.5, 0.6) is 0 Å². The number of carbonyl (C=O) groups is 1. The van der Waals surface area contributed by atoms with Crippen molar-refractivity contribution in [1.82, 2.24) is 9.80 Å². The van der Waals surface area contributed by atoms with Crippen molar-refractivity contribution in [2.24, 2.45) is 11.7 Å². The first-order chi connectivity index (χ1) is 8.56. The minimum atomic E-state index is 0.215. The summed E-state index contributed by atoms with van der Waals surface area (Å²) in [6.07, 6.45) is 2.24. The van der Waals surface area contributed by atoms with Crippen LogP contribution in [0.25, 0.3) is 0 Å². The van der Waals surface area contributed by atoms with Crippen molar-refractivity contribution in [3.05, 3.63) is 12.2 Å². The van der Waals surface area contributed by atoms with E-state index in [9.17, 15) is 4.79 Å². The number of piperidine rings is 1. The van der Waals surface area contributed by atoms with Crippen LogP contribution in [-0.2, 0) is 4.79 Å². The van der Waals surface area contributed by atoms with Crippen molar-refractivity contribution in [3.8, 4) is 0 Å². The normalized spacial score (nSPS) is 17.7. The Morgan fingerprint density at radius 3 is 2.50 bits per heavy atom. The van der Waals surface area contributed by atoms with Crippen LogP contribution in [-0.4, -0.2) is 55.0 Å². The van der Waals surface area contributed by atoms with Crippen molar-refractivity contribution in [1.29, 1.82) is 0 Å². The van der Waals surface area contributed by atoms with E-state index in [0.717, 1.165) is 44.6 Å². The molecule has 0 atom stereocenters. The van der Waals surface area contributed by atoms with Crippen molar-refractivity contribution in [2.75, 3.05) is 39.3 Å². The zero-order valence-corrected chi connectivity index (χ0v) is 11.8. The third-order valence-corrected chi connectivity index (χ3v) is 3.59. The van der Waals surface area contributed by atoms with Crippen molar-refractivity contribution in [2.45, 2.75) is 26.7 Å². The van der Waals surface area contributed by atoms with Crippen LogP contribution in [0.1, 0.15) is 26.7 Å². The monoisotopic (exact) mass is 253 g/mol. The van der Waals surface area contributed by atoms with Crippen LogP contribution in [0, 0.1) is 5.92 Å². The second kappa shape index (κ2) is 7.54. The van der Waals surface area contributed by atoms with Crippen LogP contribution < -0.4 is 5.73 Å². The Balaban J connectivity index is 2.37. The molecule has 4 nitrogen and oxygen atoms in total. The van der Waals surface area contributed by atoms with E-state index in [1.54, 1.807) is 0 Å². The Labute approximate surface area is 111 Å². The molecule has 0 bridgehead atoms. The summed E-state index contributed by atoms with van der Waals surface area (Å²) < 4.78 is 0. The van der Waals surface area contributed by atoms with Gasteiger partial charge in [-0.2, -0.15) is 0 Å². The van der Waals surface area contributed by atoms with Gasteiger partial charge in [0.05, 0.1) is 6.54 Å². The van der Waals surface area contributed by atoms with Gasteiger partial charge in [-0.25, -0.2) is 0 Å². The second-order valence-electron chi connectivity index (χ2n) is 5.32. The molecule has 1 rings (SSSR count). The maximum atomic E-state index is 12.1. The zero-order valence-electron chi connectivity index (χ0n) is 11.8. The van der Waals surface area contributed by atoms with Gasteiger partial charge in [0.2, 0.25) is 5.91 Å². The molecule has 18 heavy (non-hydrogen) atoms. The third-order valence-electron chi connectivity index (χ3n) is 3.59. The Morgan fingerprint density at radius 2 is 2.06 bits per heavy atom. The minimum Gasteiger partial charge on any atom is -0.338 e. The fourth-order valence-corrected chi connectivity index (χ4v) is 2.37. The summed E-state index contributed by atoms with van der Waals surface area (Å²) in [4.78, 5) is 16.3. The molecule has 1 fully saturated rings. The lowest BCUT2D eigenvalue weighted by Gasteiger charge is -2.32. The molecule has 1 aliphatic heterocycles. The largest absolute Gasteiger partial charge is 0.338 e. The first-order valence-electron chi connectivity index (χ1n) is 6.91. The van der Waals surface area contributed by atoms with Gasteiger partial charge >= 0.3 is 0 Å². The van der Waals surface area contributed by atoms with E-state index in [1.807, 2.05) is 18.7 Å². The minimum absolute atomic E-state index is 0.215. The Morgan fingerprint density at radius 1 is 1.44 bits per heavy atom. The number of nitrogens with zero attached hydrogens (tertiary/aromatic N) is 2. The Kier molecular flexibility index (Phi) is 6.36. The third kappa shape index (κ3) is 4.78. The summed E-state index contributed by atoms with van der Waals surface area (Å²) in [5.74, 6) is 0.862. The number of rotatable bonds is 6. The number of amides is 1. The lowest BCUT2D eigenvalue weighted by molar-refractivity contribution is -0.132. The smallest absolute Gasteiger partial charge is 0.237 e. The van der Waals surface area contributed by atoms with Crippen LogP contribution in [0.15, 0.2) is 12.2 Å². The van der Waals surface area contributed by atoms with Gasteiger partial charge in [-0.05, 0) is 52.2 Å². The molecule has 0 unspecified atom stereocenters. The number of hydrogen-bond acceptors (Lipinski definition) is 3. The second-order valence-corrected chi connectivity index (χ2v) is 5.32. The average Bonchev–Trinajstić information content (AvgIpc) is 2.36. The number of likely N-dealkylation sites (tertiary alicyclic amines) is 1. The first kappa shape index (κ1) is 15.2. The summed E-state index contributed by atoms with van der Waals surface area (Å²) in [5.41, 5.74) is 6.71. The Bertz CT molecular complexity index is 283. The van der Waals surface area contributed by atoms with Crippen LogP contribution in [0.3, 0.4) is 0 Å². The van der Waals surface area contributed by atoms with Crippen molar-refractivity contribution < 1.29 is 4.79 Å². The highest BCUT2D eigenvalue weighted by Gasteiger charge is 2.21. The van der Waals surface area contributed by atoms with E-state index in [4.69, 9.17) is 5.73 Å². The van der Waals surface area contributed by atoms with Crippen LogP contribution in [0.2, 0.25) is 0 Å². The highest BCUT2D eigenvalue weighted by molar-refractivity contribution is 5.78. The predicted molar refractivity (Wildman–Crippen MR) is 75.3 cm³/mol. The summed E-state index contributed by atoms with van der Waals surface area (Å²) in [6.45, 7) is 12.6. The molecule has 0 aromatic rings. The molecule has 1 amide bonds. The Hall–Kier alpha value is -0.870. The van der Waals surface area contributed by atoms with Gasteiger partial charge in [0.1, 0.15) is 0 Å². The molecule has 1 saturated heterocycles. The molecule has 1 aliphatic rings. The van der Waals surface area contributed by atoms with E-state index in [-0.39, 0.29) is 5.91 Å². The summed E-state index contributed by atoms with van der Waals surface area (Å²) in [5, 5.41) is 0. The molecular formula is C14H27N3O. The van der Waals surface area contributed by atoms with Gasteiger partial charge in [0.25, 0.3) is 0 Å². The molecule has 0 radical (unpaired) electrons. The van der Waals surface area contributed by atoms with E-state index in [2.05, 4.69) is 11.5 Å². The quantitative estimate of drug-likeness (QED) is 0.721. The maximum Gasteiger partial charge on any atom is 0.237 e. The van der Waals surface area contributed by atoms with E-state index >= 15 is 0 Å². The van der Waals surface area contributed by atoms with Gasteiger partial charge in [-0.3, -0.25) is 9.69 Å². The lowest BCUT2D eigenvalue weighted by Crippen LogP contribution is -2.44. The summed E-state index contributed by atoms with van der Waals surface area (Å²) in [7, 11) is 0. The molecule has 4 heteroatoms. The van der Waals surface area contributed by atoms with Gasteiger partial charge in [0.15, 0.2) is 0 Å². The van der Waals surface area contributed by atoms with Gasteiger partial charge in [-0.1, -0.05) is 12.2 Å². The highest BCUT2D eigenvalue weighted by Crippen LogP contribution is 2.15. The number of hydrogen-bond donors (Lipinski definition) is 1. The molecule has 1 heterocycles. The maximum absolute atomic E-state index is 12.1. The predicted octanol–water partition coefficient (Wildman–Crippen LogP) is 1.08. The summed E-state index contributed by atoms with van der Waals surface area (Å²) in [6, 6.07) is 0. The molecule has 0 saturated carbocycles. The average molecular weight is 253 g/mol. The topological polar surface area (TPSA) is 49.6 Å². The molecule has 0 aromatic carbocycles. The zero-order chi connectivity index (χ0) is 13.5. The highest BCUT2D eigenvalue weighted by atomic mass is 16.2. The number of likely N-dealkylation sites (N-methyl/N-ethyl adjacent to an activating group) is 1. The van der Waals surface area contributed by atoms with Crippen LogP contribution in [0.4, 0.5) is 0 Å².